The van der Waals surface area contributed by atoms with Crippen LogP contribution < -0.4 is 5.73 Å². The molecule has 0 aromatic heterocycles. The lowest BCUT2D eigenvalue weighted by atomic mass is 10.1. The molecule has 1 unspecified atom stereocenters. The Bertz CT molecular complexity index is 354. The molecule has 76 valence electrons. The van der Waals surface area contributed by atoms with Gasteiger partial charge in [-0.15, -0.1) is 0 Å². The molecule has 4 nitrogen and oxygen atoms in total. The number of aromatic hydroxyl groups is 1. The Labute approximate surface area is 89.5 Å². The highest BCUT2D eigenvalue weighted by Crippen LogP contribution is 2.24. The Morgan fingerprint density at radius 3 is 2.71 bits per heavy atom. The number of aliphatic carboxylic acids is 1. The molecule has 0 aliphatic carbocycles. The van der Waals surface area contributed by atoms with E-state index >= 15 is 0 Å². The molecule has 14 heavy (non-hydrogen) atoms. The number of phenols is 1. The first-order valence-electron chi connectivity index (χ1n) is 3.96. The maximum Gasteiger partial charge on any atom is 0.320 e. The van der Waals surface area contributed by atoms with Gasteiger partial charge in [0.25, 0.3) is 0 Å². The van der Waals surface area contributed by atoms with Gasteiger partial charge in [0, 0.05) is 0 Å². The predicted octanol–water partition coefficient (Wildman–Crippen LogP) is 1.11. The summed E-state index contributed by atoms with van der Waals surface area (Å²) in [6.45, 7) is 0. The van der Waals surface area contributed by atoms with Crippen molar-refractivity contribution in [1.82, 2.24) is 0 Å². The Hall–Kier alpha value is -1.07. The minimum absolute atomic E-state index is 0.0834. The smallest absolute Gasteiger partial charge is 0.320 e. The third kappa shape index (κ3) is 2.71. The summed E-state index contributed by atoms with van der Waals surface area (Å²) in [6.07, 6.45) is 0.205. The number of carboxylic acid groups (broad SMARTS) is 1. The Balaban J connectivity index is 2.78. The molecule has 0 amide bonds. The summed E-state index contributed by atoms with van der Waals surface area (Å²) in [5.74, 6) is -0.965. The molecule has 1 aromatic rings. The summed E-state index contributed by atoms with van der Waals surface area (Å²) in [4.78, 5) is 10.5. The van der Waals surface area contributed by atoms with Crippen molar-refractivity contribution in [2.45, 2.75) is 12.5 Å². The van der Waals surface area contributed by atoms with Crippen LogP contribution in [-0.4, -0.2) is 22.2 Å². The molecule has 4 N–H and O–H groups in total. The van der Waals surface area contributed by atoms with Crippen LogP contribution in [0, 0.1) is 0 Å². The van der Waals surface area contributed by atoms with Crippen LogP contribution in [0.3, 0.4) is 0 Å². The van der Waals surface area contributed by atoms with E-state index < -0.39 is 12.0 Å². The summed E-state index contributed by atoms with van der Waals surface area (Å²) in [7, 11) is 0. The van der Waals surface area contributed by atoms with Crippen LogP contribution in [0.15, 0.2) is 22.7 Å². The van der Waals surface area contributed by atoms with Crippen molar-refractivity contribution < 1.29 is 15.0 Å². The molecule has 0 aliphatic rings. The molecule has 0 bridgehead atoms. The van der Waals surface area contributed by atoms with Crippen molar-refractivity contribution in [1.29, 1.82) is 0 Å². The average Bonchev–Trinajstić information content (AvgIpc) is 2.11. The maximum absolute atomic E-state index is 10.5. The lowest BCUT2D eigenvalue weighted by molar-refractivity contribution is -0.138. The average molecular weight is 260 g/mol. The molecule has 0 aliphatic heterocycles. The van der Waals surface area contributed by atoms with E-state index in [0.29, 0.717) is 10.0 Å². The number of nitrogens with two attached hydrogens (primary N) is 1. The van der Waals surface area contributed by atoms with E-state index in [4.69, 9.17) is 10.8 Å². The standard InChI is InChI=1S/C9H10BrNO3/c10-6-2-1-5(4-8(6)12)3-7(11)9(13)14/h1-2,4,7,12H,3,11H2,(H,13,14). The summed E-state index contributed by atoms with van der Waals surface area (Å²) in [5, 5.41) is 17.9. The molecule has 0 saturated carbocycles. The highest BCUT2D eigenvalue weighted by molar-refractivity contribution is 9.10. The van der Waals surface area contributed by atoms with Gasteiger partial charge in [-0.25, -0.2) is 0 Å². The van der Waals surface area contributed by atoms with Gasteiger partial charge in [-0.2, -0.15) is 0 Å². The quantitative estimate of drug-likeness (QED) is 0.760. The molecule has 1 aromatic carbocycles. The first-order chi connectivity index (χ1) is 6.50. The van der Waals surface area contributed by atoms with Crippen molar-refractivity contribution in [3.63, 3.8) is 0 Å². The second-order valence-corrected chi connectivity index (χ2v) is 3.79. The maximum atomic E-state index is 10.5. The van der Waals surface area contributed by atoms with E-state index in [1.807, 2.05) is 0 Å². The first-order valence-corrected chi connectivity index (χ1v) is 4.76. The van der Waals surface area contributed by atoms with Crippen LogP contribution in [-0.2, 0) is 11.2 Å². The Morgan fingerprint density at radius 2 is 2.21 bits per heavy atom. The highest BCUT2D eigenvalue weighted by Gasteiger charge is 2.12. The fourth-order valence-corrected chi connectivity index (χ4v) is 1.27. The van der Waals surface area contributed by atoms with Gasteiger partial charge < -0.3 is 15.9 Å². The van der Waals surface area contributed by atoms with E-state index in [1.54, 1.807) is 12.1 Å². The number of hydrogen-bond donors (Lipinski definition) is 3. The summed E-state index contributed by atoms with van der Waals surface area (Å²) in [6, 6.07) is 3.93. The van der Waals surface area contributed by atoms with Crippen molar-refractivity contribution in [2.24, 2.45) is 5.73 Å². The lowest BCUT2D eigenvalue weighted by Crippen LogP contribution is -2.32. The molecule has 0 fully saturated rings. The van der Waals surface area contributed by atoms with Crippen LogP contribution in [0.2, 0.25) is 0 Å². The van der Waals surface area contributed by atoms with Gasteiger partial charge in [0.05, 0.1) is 4.47 Å². The van der Waals surface area contributed by atoms with E-state index in [-0.39, 0.29) is 12.2 Å². The number of benzene rings is 1. The third-order valence-corrected chi connectivity index (χ3v) is 2.45. The summed E-state index contributed by atoms with van der Waals surface area (Å²) in [5.41, 5.74) is 6.04. The Morgan fingerprint density at radius 1 is 1.57 bits per heavy atom. The molecule has 1 atom stereocenters. The molecular formula is C9H10BrNO3. The third-order valence-electron chi connectivity index (χ3n) is 1.78. The van der Waals surface area contributed by atoms with Gasteiger partial charge in [-0.1, -0.05) is 6.07 Å². The highest BCUT2D eigenvalue weighted by atomic mass is 79.9. The van der Waals surface area contributed by atoms with E-state index in [1.165, 1.54) is 6.07 Å². The van der Waals surface area contributed by atoms with Gasteiger partial charge >= 0.3 is 5.97 Å². The number of carbonyl (C=O) groups is 1. The molecule has 0 radical (unpaired) electrons. The zero-order valence-corrected chi connectivity index (χ0v) is 8.86. The minimum Gasteiger partial charge on any atom is -0.507 e. The molecule has 5 heteroatoms. The SMILES string of the molecule is NC(Cc1ccc(Br)c(O)c1)C(=O)O. The zero-order valence-electron chi connectivity index (χ0n) is 7.27. The van der Waals surface area contributed by atoms with E-state index in [2.05, 4.69) is 15.9 Å². The topological polar surface area (TPSA) is 83.5 Å². The summed E-state index contributed by atoms with van der Waals surface area (Å²) >= 11 is 3.13. The van der Waals surface area contributed by atoms with Crippen LogP contribution in [0.25, 0.3) is 0 Å². The molecule has 0 saturated heterocycles. The second kappa shape index (κ2) is 4.43. The van der Waals surface area contributed by atoms with Crippen LogP contribution in [0.1, 0.15) is 5.56 Å². The first kappa shape index (κ1) is 11.0. The van der Waals surface area contributed by atoms with Gasteiger partial charge in [-0.3, -0.25) is 4.79 Å². The summed E-state index contributed by atoms with van der Waals surface area (Å²) < 4.78 is 0.574. The van der Waals surface area contributed by atoms with Crippen molar-refractivity contribution >= 4 is 21.9 Å². The largest absolute Gasteiger partial charge is 0.507 e. The number of rotatable bonds is 3. The predicted molar refractivity (Wildman–Crippen MR) is 55.1 cm³/mol. The number of phenolic OH excluding ortho intramolecular Hbond substituents is 1. The lowest BCUT2D eigenvalue weighted by Gasteiger charge is -2.07. The minimum atomic E-state index is -1.05. The second-order valence-electron chi connectivity index (χ2n) is 2.93. The van der Waals surface area contributed by atoms with Crippen molar-refractivity contribution in [3.05, 3.63) is 28.2 Å². The van der Waals surface area contributed by atoms with Gasteiger partial charge in [-0.05, 0) is 40.0 Å². The van der Waals surface area contributed by atoms with Crippen LogP contribution >= 0.6 is 15.9 Å². The van der Waals surface area contributed by atoms with Crippen LogP contribution in [0.5, 0.6) is 5.75 Å². The molecule has 0 heterocycles. The fraction of sp³-hybridized carbons (Fsp3) is 0.222. The molecule has 1 rings (SSSR count). The van der Waals surface area contributed by atoms with Gasteiger partial charge in [0.2, 0.25) is 0 Å². The molecular weight excluding hydrogens is 250 g/mol. The van der Waals surface area contributed by atoms with Crippen molar-refractivity contribution in [2.75, 3.05) is 0 Å². The Kier molecular flexibility index (Phi) is 3.49. The number of halogens is 1. The number of hydrogen-bond acceptors (Lipinski definition) is 3. The van der Waals surface area contributed by atoms with Crippen LogP contribution in [0.4, 0.5) is 0 Å². The zero-order chi connectivity index (χ0) is 10.7. The van der Waals surface area contributed by atoms with Gasteiger partial charge in [0.1, 0.15) is 11.8 Å². The monoisotopic (exact) mass is 259 g/mol. The fourth-order valence-electron chi connectivity index (χ4n) is 1.03. The van der Waals surface area contributed by atoms with E-state index in [0.717, 1.165) is 0 Å². The van der Waals surface area contributed by atoms with E-state index in [9.17, 15) is 9.90 Å². The van der Waals surface area contributed by atoms with Crippen molar-refractivity contribution in [3.8, 4) is 5.75 Å². The number of carboxylic acids is 1. The normalized spacial score (nSPS) is 12.4. The molecule has 0 spiro atoms. The van der Waals surface area contributed by atoms with Gasteiger partial charge in [0.15, 0.2) is 0 Å².